The van der Waals surface area contributed by atoms with E-state index in [1.807, 2.05) is 24.3 Å². The Morgan fingerprint density at radius 1 is 0.913 bits per heavy atom. The Balaban J connectivity index is 1.71. The quantitative estimate of drug-likeness (QED) is 0.762. The number of benzene rings is 2. The molecule has 0 amide bonds. The van der Waals surface area contributed by atoms with Crippen LogP contribution in [0.1, 0.15) is 24.5 Å². The first-order valence-corrected chi connectivity index (χ1v) is 8.21. The Morgan fingerprint density at radius 3 is 2.35 bits per heavy atom. The van der Waals surface area contributed by atoms with E-state index in [1.165, 1.54) is 11.1 Å². The molecule has 0 spiro atoms. The molecule has 0 aliphatic carbocycles. The van der Waals surface area contributed by atoms with Crippen molar-refractivity contribution in [2.24, 2.45) is 0 Å². The first-order valence-electron chi connectivity index (χ1n) is 8.21. The number of methoxy groups -OCH3 is 2. The molecule has 2 aromatic rings. The Kier molecular flexibility index (Phi) is 6.95. The van der Waals surface area contributed by atoms with Gasteiger partial charge in [-0.15, -0.1) is 0 Å². The Morgan fingerprint density at radius 2 is 1.65 bits per heavy atom. The topological polar surface area (TPSA) is 30.5 Å². The average molecular weight is 313 g/mol. The van der Waals surface area contributed by atoms with Gasteiger partial charge in [-0.25, -0.2) is 0 Å². The van der Waals surface area contributed by atoms with Crippen LogP contribution in [0.15, 0.2) is 48.5 Å². The van der Waals surface area contributed by atoms with Gasteiger partial charge in [-0.1, -0.05) is 30.3 Å². The largest absolute Gasteiger partial charge is 0.497 e. The van der Waals surface area contributed by atoms with Crippen molar-refractivity contribution in [2.75, 3.05) is 20.8 Å². The maximum atomic E-state index is 5.39. The fourth-order valence-electron chi connectivity index (χ4n) is 2.64. The van der Waals surface area contributed by atoms with Gasteiger partial charge in [0.25, 0.3) is 0 Å². The van der Waals surface area contributed by atoms with E-state index in [4.69, 9.17) is 9.47 Å². The monoisotopic (exact) mass is 313 g/mol. The maximum absolute atomic E-state index is 5.39. The first-order chi connectivity index (χ1) is 11.2. The molecule has 0 radical (unpaired) electrons. The molecule has 0 bridgehead atoms. The minimum atomic E-state index is 0.492. The van der Waals surface area contributed by atoms with Crippen LogP contribution < -0.4 is 14.8 Å². The smallest absolute Gasteiger partial charge is 0.122 e. The standard InChI is InChI=1S/C20H27NO2/c1-16(8-9-17-10-12-19(22-2)13-11-17)21-15-14-18-6-4-5-7-20(18)23-3/h4-7,10-13,16,21H,8-9,14-15H2,1-3H3/t16-/m1/s1. The summed E-state index contributed by atoms with van der Waals surface area (Å²) in [5, 5.41) is 3.59. The van der Waals surface area contributed by atoms with Crippen LogP contribution in [0.25, 0.3) is 0 Å². The van der Waals surface area contributed by atoms with Crippen molar-refractivity contribution in [3.05, 3.63) is 59.7 Å². The van der Waals surface area contributed by atoms with Gasteiger partial charge in [0.05, 0.1) is 14.2 Å². The van der Waals surface area contributed by atoms with E-state index in [0.717, 1.165) is 37.3 Å². The lowest BCUT2D eigenvalue weighted by Crippen LogP contribution is -2.28. The van der Waals surface area contributed by atoms with Crippen molar-refractivity contribution in [1.82, 2.24) is 5.32 Å². The highest BCUT2D eigenvalue weighted by atomic mass is 16.5. The van der Waals surface area contributed by atoms with Crippen molar-refractivity contribution in [3.63, 3.8) is 0 Å². The zero-order valence-electron chi connectivity index (χ0n) is 14.3. The number of hydrogen-bond acceptors (Lipinski definition) is 3. The predicted octanol–water partition coefficient (Wildman–Crippen LogP) is 3.86. The summed E-state index contributed by atoms with van der Waals surface area (Å²) in [5.41, 5.74) is 2.61. The van der Waals surface area contributed by atoms with Gasteiger partial charge in [-0.2, -0.15) is 0 Å². The second-order valence-corrected chi connectivity index (χ2v) is 5.80. The molecule has 3 nitrogen and oxygen atoms in total. The lowest BCUT2D eigenvalue weighted by molar-refractivity contribution is 0.408. The summed E-state index contributed by atoms with van der Waals surface area (Å²) >= 11 is 0. The van der Waals surface area contributed by atoms with Gasteiger partial charge in [0, 0.05) is 6.04 Å². The van der Waals surface area contributed by atoms with E-state index in [-0.39, 0.29) is 0 Å². The molecule has 0 saturated heterocycles. The highest BCUT2D eigenvalue weighted by Crippen LogP contribution is 2.17. The highest BCUT2D eigenvalue weighted by Gasteiger charge is 2.05. The van der Waals surface area contributed by atoms with E-state index < -0.39 is 0 Å². The summed E-state index contributed by atoms with van der Waals surface area (Å²) in [6, 6.07) is 17.0. The van der Waals surface area contributed by atoms with Gasteiger partial charge in [0.1, 0.15) is 11.5 Å². The number of nitrogens with one attached hydrogen (secondary N) is 1. The SMILES string of the molecule is COc1ccc(CC[C@@H](C)NCCc2ccccc2OC)cc1. The lowest BCUT2D eigenvalue weighted by atomic mass is 10.1. The molecule has 0 unspecified atom stereocenters. The third-order valence-corrected chi connectivity index (χ3v) is 4.10. The molecular formula is C20H27NO2. The normalized spacial score (nSPS) is 12.0. The summed E-state index contributed by atoms with van der Waals surface area (Å²) < 4.78 is 10.6. The molecule has 1 N–H and O–H groups in total. The summed E-state index contributed by atoms with van der Waals surface area (Å²) in [5.74, 6) is 1.89. The van der Waals surface area contributed by atoms with Crippen molar-refractivity contribution in [1.29, 1.82) is 0 Å². The summed E-state index contributed by atoms with van der Waals surface area (Å²) in [4.78, 5) is 0. The molecule has 0 heterocycles. The van der Waals surface area contributed by atoms with Crippen molar-refractivity contribution >= 4 is 0 Å². The number of ether oxygens (including phenoxy) is 2. The van der Waals surface area contributed by atoms with Crippen LogP contribution in [0.4, 0.5) is 0 Å². The molecule has 0 fully saturated rings. The number of aryl methyl sites for hydroxylation is 1. The van der Waals surface area contributed by atoms with Crippen LogP contribution in [0.2, 0.25) is 0 Å². The van der Waals surface area contributed by atoms with E-state index >= 15 is 0 Å². The molecule has 2 aromatic carbocycles. The molecule has 3 heteroatoms. The minimum absolute atomic E-state index is 0.492. The van der Waals surface area contributed by atoms with E-state index in [2.05, 4.69) is 36.5 Å². The molecule has 0 aliphatic rings. The summed E-state index contributed by atoms with van der Waals surface area (Å²) in [7, 11) is 3.42. The lowest BCUT2D eigenvalue weighted by Gasteiger charge is -2.15. The van der Waals surface area contributed by atoms with Crippen molar-refractivity contribution in [2.45, 2.75) is 32.2 Å². The first kappa shape index (κ1) is 17.4. The predicted molar refractivity (Wildman–Crippen MR) is 95.5 cm³/mol. The fourth-order valence-corrected chi connectivity index (χ4v) is 2.64. The van der Waals surface area contributed by atoms with Crippen molar-refractivity contribution < 1.29 is 9.47 Å². The van der Waals surface area contributed by atoms with E-state index in [1.54, 1.807) is 14.2 Å². The van der Waals surface area contributed by atoms with Gasteiger partial charge in [0.2, 0.25) is 0 Å². The van der Waals surface area contributed by atoms with Crippen LogP contribution in [0.3, 0.4) is 0 Å². The van der Waals surface area contributed by atoms with E-state index in [0.29, 0.717) is 6.04 Å². The van der Waals surface area contributed by atoms with Gasteiger partial charge in [0.15, 0.2) is 0 Å². The Bertz CT molecular complexity index is 580. The Labute approximate surface area is 139 Å². The highest BCUT2D eigenvalue weighted by molar-refractivity contribution is 5.33. The number of hydrogen-bond donors (Lipinski definition) is 1. The van der Waals surface area contributed by atoms with Gasteiger partial charge < -0.3 is 14.8 Å². The zero-order valence-corrected chi connectivity index (χ0v) is 14.3. The third kappa shape index (κ3) is 5.61. The summed E-state index contributed by atoms with van der Waals surface area (Å²) in [6.07, 6.45) is 3.18. The van der Waals surface area contributed by atoms with E-state index in [9.17, 15) is 0 Å². The maximum Gasteiger partial charge on any atom is 0.122 e. The Hall–Kier alpha value is -2.00. The van der Waals surface area contributed by atoms with Crippen LogP contribution in [0.5, 0.6) is 11.5 Å². The number of para-hydroxylation sites is 1. The zero-order chi connectivity index (χ0) is 16.5. The van der Waals surface area contributed by atoms with Gasteiger partial charge in [-0.05, 0) is 62.1 Å². The number of rotatable bonds is 9. The second-order valence-electron chi connectivity index (χ2n) is 5.80. The fraction of sp³-hybridized carbons (Fsp3) is 0.400. The molecular weight excluding hydrogens is 286 g/mol. The second kappa shape index (κ2) is 9.21. The van der Waals surface area contributed by atoms with Gasteiger partial charge >= 0.3 is 0 Å². The molecule has 0 aliphatic heterocycles. The molecule has 1 atom stereocenters. The molecule has 0 saturated carbocycles. The molecule has 124 valence electrons. The van der Waals surface area contributed by atoms with Crippen LogP contribution >= 0.6 is 0 Å². The minimum Gasteiger partial charge on any atom is -0.497 e. The average Bonchev–Trinajstić information content (AvgIpc) is 2.61. The van der Waals surface area contributed by atoms with Gasteiger partial charge in [-0.3, -0.25) is 0 Å². The summed E-state index contributed by atoms with van der Waals surface area (Å²) in [6.45, 7) is 3.20. The molecule has 23 heavy (non-hydrogen) atoms. The van der Waals surface area contributed by atoms with Crippen LogP contribution in [-0.4, -0.2) is 26.8 Å². The third-order valence-electron chi connectivity index (χ3n) is 4.10. The van der Waals surface area contributed by atoms with Crippen LogP contribution in [-0.2, 0) is 12.8 Å². The van der Waals surface area contributed by atoms with Crippen molar-refractivity contribution in [3.8, 4) is 11.5 Å². The van der Waals surface area contributed by atoms with Crippen LogP contribution in [0, 0.1) is 0 Å². The molecule has 0 aromatic heterocycles. The molecule has 2 rings (SSSR count).